The molecule has 0 saturated heterocycles. The molecular weight excluding hydrogens is 410 g/mol. The van der Waals surface area contributed by atoms with E-state index in [1.54, 1.807) is 28.5 Å². The van der Waals surface area contributed by atoms with Crippen LogP contribution in [0.25, 0.3) is 10.6 Å². The topological polar surface area (TPSA) is 51.7 Å². The van der Waals surface area contributed by atoms with E-state index >= 15 is 0 Å². The number of amides is 1. The fourth-order valence-electron chi connectivity index (χ4n) is 2.92. The van der Waals surface area contributed by atoms with Crippen molar-refractivity contribution in [3.05, 3.63) is 64.7 Å². The molecule has 0 saturated carbocycles. The van der Waals surface area contributed by atoms with Crippen LogP contribution in [0.3, 0.4) is 0 Å². The summed E-state index contributed by atoms with van der Waals surface area (Å²) in [7, 11) is 1.48. The fourth-order valence-corrected chi connectivity index (χ4v) is 3.71. The van der Waals surface area contributed by atoms with Crippen molar-refractivity contribution in [2.45, 2.75) is 20.5 Å². The summed E-state index contributed by atoms with van der Waals surface area (Å²) in [4.78, 5) is 18.6. The maximum atomic E-state index is 13.8. The molecule has 0 N–H and O–H groups in total. The first-order valence-corrected chi connectivity index (χ1v) is 10.3. The first kappa shape index (κ1) is 21.7. The van der Waals surface area contributed by atoms with Crippen molar-refractivity contribution in [1.29, 1.82) is 0 Å². The van der Waals surface area contributed by atoms with Gasteiger partial charge in [-0.2, -0.15) is 0 Å². The lowest BCUT2D eigenvalue weighted by Gasteiger charge is -2.16. The molecule has 0 radical (unpaired) electrons. The molecule has 0 aliphatic rings. The van der Waals surface area contributed by atoms with Crippen molar-refractivity contribution in [2.24, 2.45) is 0 Å². The smallest absolute Gasteiger partial charge is 0.273 e. The van der Waals surface area contributed by atoms with Crippen LogP contribution in [0.5, 0.6) is 11.5 Å². The number of aromatic nitrogens is 1. The van der Waals surface area contributed by atoms with Crippen LogP contribution >= 0.6 is 11.3 Å². The molecule has 0 aliphatic heterocycles. The minimum atomic E-state index is -0.668. The van der Waals surface area contributed by atoms with Crippen LogP contribution in [-0.4, -0.2) is 36.0 Å². The second kappa shape index (κ2) is 9.67. The number of methoxy groups -OCH3 is 1. The van der Waals surface area contributed by atoms with Crippen molar-refractivity contribution in [1.82, 2.24) is 9.88 Å². The predicted octanol–water partition coefficient (Wildman–Crippen LogP) is 5.16. The Hall–Kier alpha value is -3.00. The molecule has 158 valence electrons. The van der Waals surface area contributed by atoms with Crippen LogP contribution in [0.2, 0.25) is 0 Å². The third kappa shape index (κ3) is 4.59. The van der Waals surface area contributed by atoms with Gasteiger partial charge in [-0.1, -0.05) is 6.07 Å². The van der Waals surface area contributed by atoms with Gasteiger partial charge in [0.2, 0.25) is 0 Å². The van der Waals surface area contributed by atoms with E-state index in [1.807, 2.05) is 13.8 Å². The first-order chi connectivity index (χ1) is 14.5. The molecule has 0 aliphatic carbocycles. The zero-order valence-corrected chi connectivity index (χ0v) is 17.8. The highest BCUT2D eigenvalue weighted by atomic mass is 32.1. The third-order valence-electron chi connectivity index (χ3n) is 4.62. The zero-order chi connectivity index (χ0) is 21.7. The molecule has 1 heterocycles. The maximum absolute atomic E-state index is 13.8. The van der Waals surface area contributed by atoms with Gasteiger partial charge in [0.1, 0.15) is 28.9 Å². The fraction of sp³-hybridized carbons (Fsp3) is 0.273. The minimum absolute atomic E-state index is 0.110. The molecule has 0 spiro atoms. The number of hydrogen-bond acceptors (Lipinski definition) is 5. The number of rotatable bonds is 8. The molecule has 5 nitrogen and oxygen atoms in total. The van der Waals surface area contributed by atoms with E-state index < -0.39 is 11.6 Å². The molecular formula is C22H22F2N2O3S. The van der Waals surface area contributed by atoms with Gasteiger partial charge < -0.3 is 14.4 Å². The number of halogens is 2. The Bertz CT molecular complexity index is 1010. The summed E-state index contributed by atoms with van der Waals surface area (Å²) in [5.41, 5.74) is 0.996. The lowest BCUT2D eigenvalue weighted by molar-refractivity contribution is 0.0768. The molecule has 0 atom stereocenters. The van der Waals surface area contributed by atoms with Crippen LogP contribution in [0.1, 0.15) is 29.9 Å². The van der Waals surface area contributed by atoms with Gasteiger partial charge in [-0.25, -0.2) is 13.8 Å². The SMILES string of the molecule is CCN(CC)C(=O)c1csc(-c2ccc(OCc3c(F)cccc3F)c(OC)c2)n1. The van der Waals surface area contributed by atoms with E-state index in [0.717, 1.165) is 5.56 Å². The zero-order valence-electron chi connectivity index (χ0n) is 16.9. The van der Waals surface area contributed by atoms with Gasteiger partial charge in [-0.05, 0) is 44.2 Å². The normalized spacial score (nSPS) is 10.7. The second-order valence-corrected chi connectivity index (χ2v) is 7.23. The van der Waals surface area contributed by atoms with Gasteiger partial charge in [0.15, 0.2) is 11.5 Å². The van der Waals surface area contributed by atoms with E-state index in [0.29, 0.717) is 35.3 Å². The summed E-state index contributed by atoms with van der Waals surface area (Å²) < 4.78 is 38.6. The maximum Gasteiger partial charge on any atom is 0.273 e. The van der Waals surface area contributed by atoms with Crippen molar-refractivity contribution < 1.29 is 23.0 Å². The van der Waals surface area contributed by atoms with Crippen molar-refractivity contribution in [3.63, 3.8) is 0 Å². The van der Waals surface area contributed by atoms with Gasteiger partial charge in [-0.15, -0.1) is 11.3 Å². The number of hydrogen-bond donors (Lipinski definition) is 0. The summed E-state index contributed by atoms with van der Waals surface area (Å²) in [6.07, 6.45) is 0. The summed E-state index contributed by atoms with van der Waals surface area (Å²) in [5.74, 6) is -0.699. The van der Waals surface area contributed by atoms with Crippen LogP contribution in [0.4, 0.5) is 8.78 Å². The Labute approximate surface area is 177 Å². The molecule has 0 unspecified atom stereocenters. The first-order valence-electron chi connectivity index (χ1n) is 9.47. The molecule has 3 rings (SSSR count). The monoisotopic (exact) mass is 432 g/mol. The Morgan fingerprint density at radius 3 is 2.43 bits per heavy atom. The van der Waals surface area contributed by atoms with Crippen molar-refractivity contribution >= 4 is 17.2 Å². The third-order valence-corrected chi connectivity index (χ3v) is 5.51. The number of thiazole rings is 1. The molecule has 8 heteroatoms. The number of carbonyl (C=O) groups is 1. The van der Waals surface area contributed by atoms with Crippen LogP contribution < -0.4 is 9.47 Å². The van der Waals surface area contributed by atoms with E-state index in [4.69, 9.17) is 9.47 Å². The van der Waals surface area contributed by atoms with Crippen LogP contribution in [-0.2, 0) is 6.61 Å². The minimum Gasteiger partial charge on any atom is -0.493 e. The van der Waals surface area contributed by atoms with E-state index in [1.165, 1.54) is 36.6 Å². The molecule has 30 heavy (non-hydrogen) atoms. The average Bonchev–Trinajstić information content (AvgIpc) is 3.24. The molecule has 3 aromatic rings. The Morgan fingerprint density at radius 1 is 1.10 bits per heavy atom. The van der Waals surface area contributed by atoms with Crippen LogP contribution in [0, 0.1) is 11.6 Å². The van der Waals surface area contributed by atoms with Gasteiger partial charge in [-0.3, -0.25) is 4.79 Å². The summed E-state index contributed by atoms with van der Waals surface area (Å²) in [6, 6.07) is 8.80. The molecule has 2 aromatic carbocycles. The largest absolute Gasteiger partial charge is 0.493 e. The molecule has 0 bridgehead atoms. The predicted molar refractivity (Wildman–Crippen MR) is 112 cm³/mol. The van der Waals surface area contributed by atoms with E-state index in [9.17, 15) is 13.6 Å². The highest BCUT2D eigenvalue weighted by Crippen LogP contribution is 2.34. The molecule has 1 amide bonds. The van der Waals surface area contributed by atoms with Gasteiger partial charge >= 0.3 is 0 Å². The summed E-state index contributed by atoms with van der Waals surface area (Å²) >= 11 is 1.35. The standard InChI is InChI=1S/C22H22F2N2O3S/c1-4-26(5-2)22(27)18-13-30-21(25-18)14-9-10-19(20(11-14)28-3)29-12-15-16(23)7-6-8-17(15)24/h6-11,13H,4-5,12H2,1-3H3. The Balaban J connectivity index is 1.80. The summed E-state index contributed by atoms with van der Waals surface area (Å²) in [5, 5.41) is 2.39. The Kier molecular flexibility index (Phi) is 6.99. The number of carbonyl (C=O) groups excluding carboxylic acids is 1. The Morgan fingerprint density at radius 2 is 1.80 bits per heavy atom. The lowest BCUT2D eigenvalue weighted by Crippen LogP contribution is -2.30. The molecule has 1 aromatic heterocycles. The number of ether oxygens (including phenoxy) is 2. The molecule has 0 fully saturated rings. The van der Waals surface area contributed by atoms with Gasteiger partial charge in [0.05, 0.1) is 12.7 Å². The lowest BCUT2D eigenvalue weighted by atomic mass is 10.2. The van der Waals surface area contributed by atoms with E-state index in [-0.39, 0.29) is 18.1 Å². The second-order valence-electron chi connectivity index (χ2n) is 6.37. The van der Waals surface area contributed by atoms with E-state index in [2.05, 4.69) is 4.98 Å². The van der Waals surface area contributed by atoms with Crippen molar-refractivity contribution in [2.75, 3.05) is 20.2 Å². The van der Waals surface area contributed by atoms with Gasteiger partial charge in [0, 0.05) is 24.0 Å². The van der Waals surface area contributed by atoms with Crippen molar-refractivity contribution in [3.8, 4) is 22.1 Å². The summed E-state index contributed by atoms with van der Waals surface area (Å²) in [6.45, 7) is 4.81. The quantitative estimate of drug-likeness (QED) is 0.494. The highest BCUT2D eigenvalue weighted by Gasteiger charge is 2.18. The number of benzene rings is 2. The highest BCUT2D eigenvalue weighted by molar-refractivity contribution is 7.13. The average molecular weight is 432 g/mol. The number of nitrogens with zero attached hydrogens (tertiary/aromatic N) is 2. The van der Waals surface area contributed by atoms with Crippen LogP contribution in [0.15, 0.2) is 41.8 Å². The van der Waals surface area contributed by atoms with Gasteiger partial charge in [0.25, 0.3) is 5.91 Å².